The van der Waals surface area contributed by atoms with Crippen LogP contribution in [0.25, 0.3) is 21.9 Å². The maximum absolute atomic E-state index is 12.3. The monoisotopic (exact) mass is 502 g/mol. The van der Waals surface area contributed by atoms with Crippen molar-refractivity contribution in [2.24, 2.45) is 0 Å². The zero-order chi connectivity index (χ0) is 27.1. The minimum absolute atomic E-state index is 0.323. The van der Waals surface area contributed by atoms with E-state index in [1.807, 2.05) is 44.2 Å². The van der Waals surface area contributed by atoms with E-state index in [1.165, 1.54) is 0 Å². The Balaban J connectivity index is 1.87. The molecule has 0 aromatic heterocycles. The molecule has 0 aliphatic carbocycles. The van der Waals surface area contributed by atoms with Crippen molar-refractivity contribution in [1.82, 2.24) is 0 Å². The van der Waals surface area contributed by atoms with Gasteiger partial charge < -0.3 is 9.47 Å². The number of fused-ring (bicyclic) bond motifs is 1. The largest absolute Gasteiger partial charge is 0.462 e. The van der Waals surface area contributed by atoms with Gasteiger partial charge in [0.25, 0.3) is 0 Å². The molecule has 4 rings (SSSR count). The molecule has 0 N–H and O–H groups in total. The Labute approximate surface area is 223 Å². The molecular formula is C33H30N2O3. The molecule has 4 aromatic carbocycles. The van der Waals surface area contributed by atoms with E-state index in [4.69, 9.17) is 9.47 Å². The average molecular weight is 503 g/mol. The van der Waals surface area contributed by atoms with Crippen molar-refractivity contribution < 1.29 is 14.3 Å². The van der Waals surface area contributed by atoms with Crippen molar-refractivity contribution in [2.45, 2.75) is 46.5 Å². The van der Waals surface area contributed by atoms with Crippen LogP contribution in [-0.2, 0) is 11.2 Å². The van der Waals surface area contributed by atoms with Crippen molar-refractivity contribution >= 4 is 16.7 Å². The minimum Gasteiger partial charge on any atom is -0.462 e. The van der Waals surface area contributed by atoms with E-state index >= 15 is 0 Å². The summed E-state index contributed by atoms with van der Waals surface area (Å²) < 4.78 is 11.7. The SMILES string of the molecule is CCCCOC(=O)c1ccc(Oc2cc(CCC)cc3cc(C#N)c(C#N)c(-c4cccc(C)c4)c23)cc1. The number of esters is 1. The topological polar surface area (TPSA) is 83.1 Å². The van der Waals surface area contributed by atoms with Gasteiger partial charge in [-0.3, -0.25) is 0 Å². The molecule has 0 aliphatic heterocycles. The molecule has 0 radical (unpaired) electrons. The summed E-state index contributed by atoms with van der Waals surface area (Å²) in [5, 5.41) is 21.6. The Morgan fingerprint density at radius 3 is 2.37 bits per heavy atom. The normalized spacial score (nSPS) is 10.6. The van der Waals surface area contributed by atoms with Crippen molar-refractivity contribution in [1.29, 1.82) is 10.5 Å². The molecule has 0 spiro atoms. The summed E-state index contributed by atoms with van der Waals surface area (Å²) in [6.07, 6.45) is 3.58. The van der Waals surface area contributed by atoms with Crippen LogP contribution in [0.1, 0.15) is 65.7 Å². The number of carbonyl (C=O) groups is 1. The van der Waals surface area contributed by atoms with Crippen LogP contribution in [0.15, 0.2) is 66.7 Å². The third kappa shape index (κ3) is 5.69. The van der Waals surface area contributed by atoms with Crippen LogP contribution in [0.4, 0.5) is 0 Å². The van der Waals surface area contributed by atoms with Crippen molar-refractivity contribution in [3.8, 4) is 34.8 Å². The van der Waals surface area contributed by atoms with Gasteiger partial charge in [-0.05, 0) is 72.7 Å². The Morgan fingerprint density at radius 2 is 1.71 bits per heavy atom. The maximum atomic E-state index is 12.3. The van der Waals surface area contributed by atoms with Gasteiger partial charge in [0.15, 0.2) is 0 Å². The lowest BCUT2D eigenvalue weighted by atomic mass is 9.88. The molecule has 0 atom stereocenters. The van der Waals surface area contributed by atoms with Crippen LogP contribution < -0.4 is 4.74 Å². The fourth-order valence-corrected chi connectivity index (χ4v) is 4.55. The predicted octanol–water partition coefficient (Wildman–Crippen LogP) is 8.26. The molecule has 5 nitrogen and oxygen atoms in total. The number of rotatable bonds is 9. The summed E-state index contributed by atoms with van der Waals surface area (Å²) in [6, 6.07) is 25.1. The summed E-state index contributed by atoms with van der Waals surface area (Å²) in [7, 11) is 0. The average Bonchev–Trinajstić information content (AvgIpc) is 2.92. The van der Waals surface area contributed by atoms with E-state index in [2.05, 4.69) is 25.1 Å². The third-order valence-electron chi connectivity index (χ3n) is 6.39. The molecule has 0 bridgehead atoms. The predicted molar refractivity (Wildman–Crippen MR) is 149 cm³/mol. The molecule has 0 unspecified atom stereocenters. The van der Waals surface area contributed by atoms with Gasteiger partial charge in [-0.25, -0.2) is 4.79 Å². The second-order valence-electron chi connectivity index (χ2n) is 9.33. The maximum Gasteiger partial charge on any atom is 0.338 e. The number of hydrogen-bond donors (Lipinski definition) is 0. The fourth-order valence-electron chi connectivity index (χ4n) is 4.55. The molecular weight excluding hydrogens is 472 g/mol. The number of nitriles is 2. The first-order valence-electron chi connectivity index (χ1n) is 12.9. The zero-order valence-electron chi connectivity index (χ0n) is 22.0. The molecule has 0 saturated heterocycles. The number of carbonyl (C=O) groups excluding carboxylic acids is 1. The Kier molecular flexibility index (Phi) is 8.41. The van der Waals surface area contributed by atoms with Gasteiger partial charge in [0.2, 0.25) is 0 Å². The summed E-state index contributed by atoms with van der Waals surface area (Å²) in [5.41, 5.74) is 4.78. The molecule has 0 fully saturated rings. The molecule has 0 amide bonds. The minimum atomic E-state index is -0.357. The van der Waals surface area contributed by atoms with E-state index < -0.39 is 0 Å². The van der Waals surface area contributed by atoms with Gasteiger partial charge in [-0.15, -0.1) is 0 Å². The van der Waals surface area contributed by atoms with E-state index in [-0.39, 0.29) is 5.97 Å². The standard InChI is InChI=1S/C33H30N2O3/c1-4-6-15-37-33(36)24-11-13-28(14-12-24)38-30-18-23(8-5-2)17-26-19-27(20-34)29(21-35)31(32(26)30)25-10-7-9-22(3)16-25/h7,9-14,16-19H,4-6,8,15H2,1-3H3. The van der Waals surface area contributed by atoms with E-state index in [0.717, 1.165) is 53.1 Å². The quantitative estimate of drug-likeness (QED) is 0.170. The lowest BCUT2D eigenvalue weighted by Gasteiger charge is -2.17. The highest BCUT2D eigenvalue weighted by molar-refractivity contribution is 6.05. The number of ether oxygens (including phenoxy) is 2. The number of hydrogen-bond acceptors (Lipinski definition) is 5. The summed E-state index contributed by atoms with van der Waals surface area (Å²) in [4.78, 5) is 12.3. The first-order valence-corrected chi connectivity index (χ1v) is 12.9. The second kappa shape index (κ2) is 12.1. The van der Waals surface area contributed by atoms with Crippen LogP contribution >= 0.6 is 0 Å². The van der Waals surface area contributed by atoms with Crippen molar-refractivity contribution in [3.63, 3.8) is 0 Å². The highest BCUT2D eigenvalue weighted by atomic mass is 16.5. The zero-order valence-corrected chi connectivity index (χ0v) is 22.0. The molecule has 0 heterocycles. The summed E-state index contributed by atoms with van der Waals surface area (Å²) in [5.74, 6) is 0.801. The molecule has 4 aromatic rings. The molecule has 0 saturated carbocycles. The van der Waals surface area contributed by atoms with Crippen LogP contribution in [0.5, 0.6) is 11.5 Å². The van der Waals surface area contributed by atoms with E-state index in [1.54, 1.807) is 30.3 Å². The number of aryl methyl sites for hydroxylation is 2. The van der Waals surface area contributed by atoms with Gasteiger partial charge in [0.1, 0.15) is 23.6 Å². The van der Waals surface area contributed by atoms with Crippen LogP contribution in [0.2, 0.25) is 0 Å². The fraction of sp³-hybridized carbons (Fsp3) is 0.242. The molecule has 0 aliphatic rings. The summed E-state index contributed by atoms with van der Waals surface area (Å²) >= 11 is 0. The second-order valence-corrected chi connectivity index (χ2v) is 9.33. The van der Waals surface area contributed by atoms with Crippen molar-refractivity contribution in [2.75, 3.05) is 6.61 Å². The lowest BCUT2D eigenvalue weighted by Crippen LogP contribution is -2.06. The number of nitrogens with zero attached hydrogens (tertiary/aromatic N) is 2. The van der Waals surface area contributed by atoms with Gasteiger partial charge in [-0.2, -0.15) is 10.5 Å². The van der Waals surface area contributed by atoms with Gasteiger partial charge >= 0.3 is 5.97 Å². The summed E-state index contributed by atoms with van der Waals surface area (Å²) in [6.45, 7) is 6.56. The first kappa shape index (κ1) is 26.5. The van der Waals surface area contributed by atoms with Crippen molar-refractivity contribution in [3.05, 3.63) is 94.5 Å². The Hall–Kier alpha value is -4.61. The van der Waals surface area contributed by atoms with Gasteiger partial charge in [0, 0.05) is 10.9 Å². The Bertz CT molecular complexity index is 1560. The Morgan fingerprint density at radius 1 is 0.921 bits per heavy atom. The lowest BCUT2D eigenvalue weighted by molar-refractivity contribution is 0.0499. The third-order valence-corrected chi connectivity index (χ3v) is 6.39. The number of benzene rings is 4. The van der Waals surface area contributed by atoms with E-state index in [0.29, 0.717) is 40.4 Å². The van der Waals surface area contributed by atoms with E-state index in [9.17, 15) is 15.3 Å². The van der Waals surface area contributed by atoms with Crippen LogP contribution in [0, 0.1) is 29.6 Å². The molecule has 38 heavy (non-hydrogen) atoms. The highest BCUT2D eigenvalue weighted by Crippen LogP contribution is 2.42. The molecule has 190 valence electrons. The van der Waals surface area contributed by atoms with Gasteiger partial charge in [0.05, 0.1) is 23.3 Å². The van der Waals surface area contributed by atoms with Crippen LogP contribution in [0.3, 0.4) is 0 Å². The highest BCUT2D eigenvalue weighted by Gasteiger charge is 2.20. The first-order chi connectivity index (χ1) is 18.5. The smallest absolute Gasteiger partial charge is 0.338 e. The molecule has 5 heteroatoms. The number of unbranched alkanes of at least 4 members (excludes halogenated alkanes) is 1. The van der Waals surface area contributed by atoms with Crippen LogP contribution in [-0.4, -0.2) is 12.6 Å². The van der Waals surface area contributed by atoms with Gasteiger partial charge in [-0.1, -0.05) is 62.6 Å².